The molecule has 2 aromatic rings. The molecule has 7 heteroatoms. The molecule has 2 aromatic carbocycles. The Labute approximate surface area is 234 Å². The van der Waals surface area contributed by atoms with Crippen LogP contribution in [0, 0.1) is 35.8 Å². The van der Waals surface area contributed by atoms with Gasteiger partial charge in [-0.1, -0.05) is 63.5 Å². The van der Waals surface area contributed by atoms with E-state index in [-0.39, 0.29) is 37.9 Å². The molecule has 4 nitrogen and oxygen atoms in total. The van der Waals surface area contributed by atoms with Gasteiger partial charge in [0.1, 0.15) is 17.4 Å². The summed E-state index contributed by atoms with van der Waals surface area (Å²) >= 11 is 0. The SMILES string of the molecule is CC(=O)Oc1ccc(-c2ccc(F)cc2F)cc1[C-]=O.C[CH-]C(C)C(C)C(C)CC(=O)C/C=C\CC.[W+2]. The predicted octanol–water partition coefficient (Wildman–Crippen LogP) is 7.45. The zero-order valence-electron chi connectivity index (χ0n) is 22.3. The van der Waals surface area contributed by atoms with Gasteiger partial charge in [0.25, 0.3) is 5.97 Å². The van der Waals surface area contributed by atoms with Gasteiger partial charge in [-0.3, -0.25) is 9.59 Å². The summed E-state index contributed by atoms with van der Waals surface area (Å²) in [6.07, 6.45) is 10.2. The standard InChI is InChI=1S/C15H9F2O3.C15H27O.W/c1-9(19)20-15-5-2-10(6-11(15)8-18)13-4-3-12(16)7-14(13)17;1-6-8-9-10-15(16)11-13(4)14(5)12(3)7-2;/h2-7H,1H3;7-9,12-14H,6,10-11H2,1-5H3;/q2*-1;+2/b;9-8-;. The van der Waals surface area contributed by atoms with Gasteiger partial charge >= 0.3 is 21.1 Å². The largest absolute Gasteiger partial charge is 2.00 e. The molecule has 0 saturated carbocycles. The third-order valence-corrected chi connectivity index (χ3v) is 6.14. The average molecular weight is 682 g/mol. The predicted molar refractivity (Wildman–Crippen MR) is 139 cm³/mol. The second kappa shape index (κ2) is 17.9. The van der Waals surface area contributed by atoms with E-state index in [0.717, 1.165) is 18.6 Å². The average Bonchev–Trinajstić information content (AvgIpc) is 2.83. The molecule has 0 fully saturated rings. The molecule has 2 rings (SSSR count). The van der Waals surface area contributed by atoms with Crippen LogP contribution in [0.3, 0.4) is 0 Å². The number of Topliss-reactive ketones (excluding diaryl/α,β-unsaturated/α-hetero) is 1. The Hall–Kier alpha value is -2.46. The van der Waals surface area contributed by atoms with Gasteiger partial charge in [0.15, 0.2) is 0 Å². The molecule has 0 heterocycles. The topological polar surface area (TPSA) is 60.4 Å². The fraction of sp³-hybridized carbons (Fsp3) is 0.400. The van der Waals surface area contributed by atoms with E-state index in [9.17, 15) is 23.2 Å². The van der Waals surface area contributed by atoms with E-state index in [2.05, 4.69) is 47.1 Å². The molecule has 0 N–H and O–H groups in total. The van der Waals surface area contributed by atoms with E-state index >= 15 is 0 Å². The molecular formula is C30H36F2O4W. The van der Waals surface area contributed by atoms with Crippen molar-refractivity contribution in [2.24, 2.45) is 17.8 Å². The molecule has 0 aliphatic rings. The monoisotopic (exact) mass is 682 g/mol. The summed E-state index contributed by atoms with van der Waals surface area (Å²) in [6.45, 7) is 12.0. The van der Waals surface area contributed by atoms with Gasteiger partial charge in [-0.25, -0.2) is 8.78 Å². The number of allylic oxidation sites excluding steroid dienone is 2. The first-order valence-electron chi connectivity index (χ1n) is 12.2. The van der Waals surface area contributed by atoms with Crippen molar-refractivity contribution in [1.82, 2.24) is 0 Å². The number of benzene rings is 2. The van der Waals surface area contributed by atoms with Gasteiger partial charge in [0.05, 0.1) is 6.29 Å². The van der Waals surface area contributed by atoms with Crippen LogP contribution in [0.5, 0.6) is 5.75 Å². The summed E-state index contributed by atoms with van der Waals surface area (Å²) in [5.74, 6) is 0.0483. The number of halogens is 2. The van der Waals surface area contributed by atoms with Crippen LogP contribution in [0.2, 0.25) is 0 Å². The first-order valence-corrected chi connectivity index (χ1v) is 12.2. The quantitative estimate of drug-likeness (QED) is 0.107. The van der Waals surface area contributed by atoms with Crippen molar-refractivity contribution in [3.8, 4) is 16.9 Å². The molecule has 0 amide bonds. The Morgan fingerprint density at radius 1 is 1.08 bits per heavy atom. The summed E-state index contributed by atoms with van der Waals surface area (Å²) in [6, 6.07) is 7.28. The first kappa shape index (κ1) is 34.5. The van der Waals surface area contributed by atoms with Gasteiger partial charge in [0.2, 0.25) is 0 Å². The third-order valence-electron chi connectivity index (χ3n) is 6.14. The summed E-state index contributed by atoms with van der Waals surface area (Å²) < 4.78 is 31.3. The minimum Gasteiger partial charge on any atom is -0.490 e. The van der Waals surface area contributed by atoms with Crippen LogP contribution < -0.4 is 4.74 Å². The van der Waals surface area contributed by atoms with Gasteiger partial charge in [-0.05, 0) is 24.5 Å². The first-order chi connectivity index (χ1) is 17.0. The van der Waals surface area contributed by atoms with Crippen molar-refractivity contribution in [1.29, 1.82) is 0 Å². The minimum atomic E-state index is -0.748. The summed E-state index contributed by atoms with van der Waals surface area (Å²) in [5, 5.41) is 0. The number of hydrogen-bond acceptors (Lipinski definition) is 4. The Morgan fingerprint density at radius 3 is 2.30 bits per heavy atom. The Kier molecular flexibility index (Phi) is 16.7. The molecule has 0 bridgehead atoms. The van der Waals surface area contributed by atoms with Gasteiger partial charge in [-0.15, -0.1) is 11.6 Å². The van der Waals surface area contributed by atoms with Gasteiger partial charge in [-0.2, -0.15) is 12.8 Å². The molecule has 200 valence electrons. The number of hydrogen-bond donors (Lipinski definition) is 0. The molecular weight excluding hydrogens is 646 g/mol. The fourth-order valence-electron chi connectivity index (χ4n) is 3.58. The third kappa shape index (κ3) is 12.1. The van der Waals surface area contributed by atoms with Crippen molar-refractivity contribution in [2.45, 2.75) is 60.8 Å². The normalized spacial score (nSPS) is 13.0. The van der Waals surface area contributed by atoms with Crippen LogP contribution in [-0.2, 0) is 35.4 Å². The maximum Gasteiger partial charge on any atom is 2.00 e. The van der Waals surface area contributed by atoms with Crippen LogP contribution in [0.15, 0.2) is 48.6 Å². The number of carbonyl (C=O) groups excluding carboxylic acids is 3. The molecule has 0 aliphatic carbocycles. The second-order valence-corrected chi connectivity index (χ2v) is 8.89. The summed E-state index contributed by atoms with van der Waals surface area (Å²) in [5.41, 5.74) is 0.482. The van der Waals surface area contributed by atoms with Crippen molar-refractivity contribution < 1.29 is 49.0 Å². The Balaban J connectivity index is 0.000000702. The van der Waals surface area contributed by atoms with E-state index in [1.165, 1.54) is 31.2 Å². The smallest absolute Gasteiger partial charge is 0.490 e. The minimum absolute atomic E-state index is 0. The molecule has 0 aliphatic heterocycles. The van der Waals surface area contributed by atoms with Crippen LogP contribution in [-0.4, -0.2) is 18.0 Å². The Morgan fingerprint density at radius 2 is 1.76 bits per heavy atom. The molecule has 37 heavy (non-hydrogen) atoms. The molecule has 3 atom stereocenters. The zero-order chi connectivity index (χ0) is 27.3. The Bertz CT molecular complexity index is 1050. The van der Waals surface area contributed by atoms with E-state index < -0.39 is 17.6 Å². The zero-order valence-corrected chi connectivity index (χ0v) is 25.3. The number of ether oxygens (including phenoxy) is 1. The van der Waals surface area contributed by atoms with Gasteiger partial charge < -0.3 is 16.0 Å². The second-order valence-electron chi connectivity index (χ2n) is 8.89. The summed E-state index contributed by atoms with van der Waals surface area (Å²) in [7, 11) is 0. The van der Waals surface area contributed by atoms with Crippen LogP contribution in [0.4, 0.5) is 8.78 Å². The van der Waals surface area contributed by atoms with Crippen LogP contribution in [0.1, 0.15) is 66.4 Å². The number of carbonyl (C=O) groups is 2. The van der Waals surface area contributed by atoms with Crippen molar-refractivity contribution in [2.75, 3.05) is 0 Å². The number of rotatable bonds is 11. The van der Waals surface area contributed by atoms with Crippen LogP contribution in [0.25, 0.3) is 11.1 Å². The van der Waals surface area contributed by atoms with E-state index in [1.807, 2.05) is 6.08 Å². The van der Waals surface area contributed by atoms with E-state index in [0.29, 0.717) is 41.9 Å². The summed E-state index contributed by atoms with van der Waals surface area (Å²) in [4.78, 5) is 33.4. The number of ketones is 1. The van der Waals surface area contributed by atoms with Crippen molar-refractivity contribution in [3.05, 3.63) is 72.2 Å². The molecule has 3 unspecified atom stereocenters. The molecule has 0 radical (unpaired) electrons. The number of esters is 1. The van der Waals surface area contributed by atoms with Crippen LogP contribution >= 0.6 is 0 Å². The maximum absolute atomic E-state index is 13.7. The molecule has 0 saturated heterocycles. The van der Waals surface area contributed by atoms with E-state index in [1.54, 1.807) is 6.29 Å². The van der Waals surface area contributed by atoms with Gasteiger partial charge in [0, 0.05) is 37.1 Å². The van der Waals surface area contributed by atoms with E-state index in [4.69, 9.17) is 4.74 Å². The van der Waals surface area contributed by atoms with Crippen molar-refractivity contribution in [3.63, 3.8) is 0 Å². The molecule has 0 aromatic heterocycles. The molecule has 0 spiro atoms. The van der Waals surface area contributed by atoms with Crippen molar-refractivity contribution >= 4 is 18.0 Å². The maximum atomic E-state index is 13.7. The fourth-order valence-corrected chi connectivity index (χ4v) is 3.58.